The lowest BCUT2D eigenvalue weighted by molar-refractivity contribution is -0.132. The summed E-state index contributed by atoms with van der Waals surface area (Å²) in [4.78, 5) is 26.9. The number of azide groups is 1. The first-order valence-corrected chi connectivity index (χ1v) is 7.60. The molecule has 1 N–H and O–H groups in total. The van der Waals surface area contributed by atoms with Crippen LogP contribution in [0.15, 0.2) is 77.9 Å². The third kappa shape index (κ3) is 4.35. The van der Waals surface area contributed by atoms with Crippen molar-refractivity contribution in [1.82, 2.24) is 0 Å². The number of carboxylic acid groups (broad SMARTS) is 1. The van der Waals surface area contributed by atoms with Gasteiger partial charge < -0.3 is 5.11 Å². The maximum absolute atomic E-state index is 12.7. The van der Waals surface area contributed by atoms with Crippen molar-refractivity contribution >= 4 is 29.6 Å². The highest BCUT2D eigenvalue weighted by atomic mass is 16.4. The van der Waals surface area contributed by atoms with Crippen LogP contribution >= 0.6 is 0 Å². The molecule has 0 unspecified atom stereocenters. The molecule has 0 aliphatic carbocycles. The molecule has 6 heteroatoms. The molecule has 0 aliphatic heterocycles. The second-order valence-corrected chi connectivity index (χ2v) is 5.12. The maximum atomic E-state index is 12.7. The fraction of sp³-hybridized carbons (Fsp3) is 0. The molecule has 6 nitrogen and oxygen atoms in total. The molecule has 0 heterocycles. The highest BCUT2D eigenvalue weighted by molar-refractivity contribution is 6.25. The number of carbonyl (C=O) groups is 2. The van der Waals surface area contributed by atoms with E-state index < -0.39 is 17.3 Å². The number of ketones is 1. The molecule has 2 aromatic rings. The topological polar surface area (TPSA) is 103 Å². The van der Waals surface area contributed by atoms with Gasteiger partial charge in [-0.15, -0.1) is 0 Å². The quantitative estimate of drug-likeness (QED) is 0.109. The minimum absolute atomic E-state index is 0.00182. The fourth-order valence-corrected chi connectivity index (χ4v) is 2.27. The molecule has 0 bridgehead atoms. The van der Waals surface area contributed by atoms with Crippen molar-refractivity contribution in [2.45, 2.75) is 0 Å². The number of carbonyl (C=O) groups excluding carboxylic acids is 1. The molecule has 0 saturated carbocycles. The summed E-state index contributed by atoms with van der Waals surface area (Å²) in [5.74, 6) is -2.12. The Bertz CT molecular complexity index is 954. The van der Waals surface area contributed by atoms with Crippen LogP contribution in [0.4, 0.5) is 5.69 Å². The number of aliphatic carboxylic acids is 1. The van der Waals surface area contributed by atoms with E-state index in [0.717, 1.165) is 5.56 Å². The first kappa shape index (κ1) is 18.4. The van der Waals surface area contributed by atoms with Crippen molar-refractivity contribution in [2.24, 2.45) is 5.11 Å². The molecule has 0 aromatic heterocycles. The number of allylic oxidation sites excluding steroid dienone is 2. The van der Waals surface area contributed by atoms with Crippen LogP contribution in [-0.2, 0) is 4.79 Å². The molecule has 0 aliphatic rings. The highest BCUT2D eigenvalue weighted by Crippen LogP contribution is 2.28. The summed E-state index contributed by atoms with van der Waals surface area (Å²) in [5.41, 5.74) is 9.65. The average Bonchev–Trinajstić information content (AvgIpc) is 2.65. The first-order chi connectivity index (χ1) is 12.6. The standard InChI is InChI=1S/C20H15N3O3/c1-2-15-11-7-12-16(18(15)22-23-21)19(24)17(20(25)26)13-6-10-14-8-4-3-5-9-14/h2-13H,1H2,(H,25,26). The normalized spacial score (nSPS) is 11.0. The van der Waals surface area contributed by atoms with Gasteiger partial charge in [0.15, 0.2) is 0 Å². The zero-order valence-electron chi connectivity index (χ0n) is 13.7. The molecular formula is C20H15N3O3. The Labute approximate surface area is 150 Å². The summed E-state index contributed by atoms with van der Waals surface area (Å²) in [7, 11) is 0. The van der Waals surface area contributed by atoms with E-state index >= 15 is 0 Å². The molecule has 128 valence electrons. The molecule has 2 aromatic carbocycles. The fourth-order valence-electron chi connectivity index (χ4n) is 2.27. The van der Waals surface area contributed by atoms with E-state index in [0.29, 0.717) is 5.56 Å². The van der Waals surface area contributed by atoms with Crippen LogP contribution < -0.4 is 0 Å². The van der Waals surface area contributed by atoms with E-state index in [2.05, 4.69) is 16.6 Å². The summed E-state index contributed by atoms with van der Waals surface area (Å²) in [5, 5.41) is 12.9. The number of Topliss-reactive ketones (excluding diaryl/α,β-unsaturated/α-hetero) is 1. The lowest BCUT2D eigenvalue weighted by Crippen LogP contribution is -2.13. The molecule has 2 rings (SSSR count). The molecule has 0 radical (unpaired) electrons. The number of benzene rings is 2. The van der Waals surface area contributed by atoms with Gasteiger partial charge >= 0.3 is 5.97 Å². The van der Waals surface area contributed by atoms with Gasteiger partial charge in [-0.05, 0) is 22.7 Å². The van der Waals surface area contributed by atoms with Crippen molar-refractivity contribution in [3.63, 3.8) is 0 Å². The van der Waals surface area contributed by atoms with Gasteiger partial charge in [-0.3, -0.25) is 4.79 Å². The summed E-state index contributed by atoms with van der Waals surface area (Å²) >= 11 is 0. The summed E-state index contributed by atoms with van der Waals surface area (Å²) < 4.78 is 0. The van der Waals surface area contributed by atoms with Crippen molar-refractivity contribution in [2.75, 3.05) is 0 Å². The van der Waals surface area contributed by atoms with Crippen molar-refractivity contribution in [3.05, 3.63) is 100.0 Å². The van der Waals surface area contributed by atoms with E-state index in [1.807, 2.05) is 30.3 Å². The molecule has 0 spiro atoms. The third-order valence-electron chi connectivity index (χ3n) is 3.50. The van der Waals surface area contributed by atoms with Crippen LogP contribution in [0.25, 0.3) is 22.6 Å². The number of hydrogen-bond acceptors (Lipinski definition) is 3. The number of nitrogens with zero attached hydrogens (tertiary/aromatic N) is 3. The van der Waals surface area contributed by atoms with Crippen LogP contribution in [0, 0.1) is 0 Å². The van der Waals surface area contributed by atoms with E-state index in [1.165, 1.54) is 24.3 Å². The summed E-state index contributed by atoms with van der Waals surface area (Å²) in [6.45, 7) is 3.60. The van der Waals surface area contributed by atoms with Crippen LogP contribution in [-0.4, -0.2) is 16.9 Å². The number of rotatable bonds is 7. The van der Waals surface area contributed by atoms with Gasteiger partial charge in [-0.25, -0.2) is 4.79 Å². The van der Waals surface area contributed by atoms with E-state index in [1.54, 1.807) is 18.2 Å². The van der Waals surface area contributed by atoms with Gasteiger partial charge in [0.25, 0.3) is 0 Å². The van der Waals surface area contributed by atoms with Crippen molar-refractivity contribution < 1.29 is 14.7 Å². The molecule has 0 saturated heterocycles. The Hall–Kier alpha value is -3.89. The zero-order valence-corrected chi connectivity index (χ0v) is 13.7. The van der Waals surface area contributed by atoms with Gasteiger partial charge in [0.2, 0.25) is 5.78 Å². The second kappa shape index (κ2) is 8.82. The Morgan fingerprint density at radius 3 is 2.46 bits per heavy atom. The summed E-state index contributed by atoms with van der Waals surface area (Å²) in [6.07, 6.45) is 5.82. The Balaban J connectivity index is 2.45. The van der Waals surface area contributed by atoms with Gasteiger partial charge in [-0.1, -0.05) is 78.5 Å². The van der Waals surface area contributed by atoms with Crippen molar-refractivity contribution in [3.8, 4) is 0 Å². The Morgan fingerprint density at radius 2 is 1.85 bits per heavy atom. The van der Waals surface area contributed by atoms with E-state index in [9.17, 15) is 14.7 Å². The minimum Gasteiger partial charge on any atom is -0.478 e. The number of carboxylic acids is 1. The lowest BCUT2D eigenvalue weighted by atomic mass is 9.98. The Morgan fingerprint density at radius 1 is 1.12 bits per heavy atom. The van der Waals surface area contributed by atoms with Crippen LogP contribution in [0.2, 0.25) is 0 Å². The zero-order chi connectivity index (χ0) is 18.9. The molecule has 26 heavy (non-hydrogen) atoms. The summed E-state index contributed by atoms with van der Waals surface area (Å²) in [6, 6.07) is 13.9. The smallest absolute Gasteiger partial charge is 0.339 e. The molecule has 0 atom stereocenters. The molecule has 0 amide bonds. The maximum Gasteiger partial charge on any atom is 0.339 e. The van der Waals surface area contributed by atoms with Gasteiger partial charge in [0.05, 0.1) is 5.69 Å². The molecule has 0 fully saturated rings. The largest absolute Gasteiger partial charge is 0.478 e. The van der Waals surface area contributed by atoms with Crippen LogP contribution in [0.3, 0.4) is 0 Å². The predicted octanol–water partition coefficient (Wildman–Crippen LogP) is 5.18. The minimum atomic E-state index is -1.37. The van der Waals surface area contributed by atoms with Crippen LogP contribution in [0.5, 0.6) is 0 Å². The third-order valence-corrected chi connectivity index (χ3v) is 3.50. The monoisotopic (exact) mass is 345 g/mol. The van der Waals surface area contributed by atoms with Gasteiger partial charge in [0, 0.05) is 10.5 Å². The van der Waals surface area contributed by atoms with Crippen LogP contribution in [0.1, 0.15) is 21.5 Å². The molecular weight excluding hydrogens is 330 g/mol. The average molecular weight is 345 g/mol. The van der Waals surface area contributed by atoms with E-state index in [-0.39, 0.29) is 11.3 Å². The Kier molecular flexibility index (Phi) is 6.26. The lowest BCUT2D eigenvalue weighted by Gasteiger charge is -2.07. The van der Waals surface area contributed by atoms with E-state index in [4.69, 9.17) is 5.53 Å². The number of hydrogen-bond donors (Lipinski definition) is 1. The SMILES string of the molecule is C=Cc1cccc(C(=O)C(=CC=Cc2ccccc2)C(=O)O)c1N=[N+]=[N-]. The van der Waals surface area contributed by atoms with Gasteiger partial charge in [-0.2, -0.15) is 0 Å². The highest BCUT2D eigenvalue weighted by Gasteiger charge is 2.21. The predicted molar refractivity (Wildman–Crippen MR) is 101 cm³/mol. The second-order valence-electron chi connectivity index (χ2n) is 5.12. The van der Waals surface area contributed by atoms with Gasteiger partial charge in [0.1, 0.15) is 5.57 Å². The van der Waals surface area contributed by atoms with Crippen molar-refractivity contribution in [1.29, 1.82) is 0 Å². The first-order valence-electron chi connectivity index (χ1n) is 7.60.